The lowest BCUT2D eigenvalue weighted by Crippen LogP contribution is -2.37. The number of rotatable bonds is 2. The first kappa shape index (κ1) is 17.8. The summed E-state index contributed by atoms with van der Waals surface area (Å²) >= 11 is 1.68. The third kappa shape index (κ3) is 3.13. The van der Waals surface area contributed by atoms with Gasteiger partial charge in [0, 0.05) is 16.8 Å². The highest BCUT2D eigenvalue weighted by molar-refractivity contribution is 7.10. The first-order valence-electron chi connectivity index (χ1n) is 9.64. The van der Waals surface area contributed by atoms with Gasteiger partial charge in [-0.25, -0.2) is 4.79 Å². The number of carbonyl (C=O) groups is 1. The zero-order chi connectivity index (χ0) is 19.8. The first-order valence-corrected chi connectivity index (χ1v) is 10.5. The molecule has 29 heavy (non-hydrogen) atoms. The van der Waals surface area contributed by atoms with Crippen LogP contribution in [0.3, 0.4) is 0 Å². The Bertz CT molecular complexity index is 1160. The molecule has 4 nitrogen and oxygen atoms in total. The minimum absolute atomic E-state index is 0.0952. The lowest BCUT2D eigenvalue weighted by atomic mass is 10.1. The summed E-state index contributed by atoms with van der Waals surface area (Å²) in [5.41, 5.74) is 5.24. The van der Waals surface area contributed by atoms with E-state index in [1.165, 1.54) is 0 Å². The fourth-order valence-corrected chi connectivity index (χ4v) is 4.83. The molecule has 0 bridgehead atoms. The second-order valence-corrected chi connectivity index (χ2v) is 8.20. The molecular formula is C24H21N3OS. The van der Waals surface area contributed by atoms with Crippen molar-refractivity contribution in [1.82, 2.24) is 9.47 Å². The Morgan fingerprint density at radius 3 is 2.66 bits per heavy atom. The smallest absolute Gasteiger partial charge is 0.318 e. The number of benzene rings is 2. The standard InChI is InChI=1S/C24H21N3OS/c1-17-8-2-4-10-19(17)25-24(28)27-16-18-9-3-5-11-20(18)26-14-6-12-21(26)23(27)22-13-7-15-29-22/h2-15,23H,16H2,1H3,(H,25,28). The van der Waals surface area contributed by atoms with Gasteiger partial charge in [0.1, 0.15) is 6.04 Å². The maximum absolute atomic E-state index is 13.5. The van der Waals surface area contributed by atoms with Gasteiger partial charge in [0.15, 0.2) is 0 Å². The molecule has 0 spiro atoms. The molecule has 2 aromatic carbocycles. The number of para-hydroxylation sites is 2. The second-order valence-electron chi connectivity index (χ2n) is 7.22. The number of nitrogens with one attached hydrogen (secondary N) is 1. The largest absolute Gasteiger partial charge is 0.323 e. The van der Waals surface area contributed by atoms with Crippen molar-refractivity contribution < 1.29 is 4.79 Å². The van der Waals surface area contributed by atoms with Crippen molar-refractivity contribution in [2.75, 3.05) is 5.32 Å². The zero-order valence-electron chi connectivity index (χ0n) is 16.1. The summed E-state index contributed by atoms with van der Waals surface area (Å²) in [5.74, 6) is 0. The van der Waals surface area contributed by atoms with Crippen molar-refractivity contribution in [2.24, 2.45) is 0 Å². The van der Waals surface area contributed by atoms with Gasteiger partial charge in [-0.15, -0.1) is 11.3 Å². The van der Waals surface area contributed by atoms with Crippen LogP contribution in [0.1, 0.15) is 27.7 Å². The van der Waals surface area contributed by atoms with E-state index in [4.69, 9.17) is 0 Å². The van der Waals surface area contributed by atoms with Crippen molar-refractivity contribution in [3.05, 3.63) is 106 Å². The third-order valence-electron chi connectivity index (χ3n) is 5.42. The van der Waals surface area contributed by atoms with E-state index in [2.05, 4.69) is 51.8 Å². The number of carbonyl (C=O) groups excluding carboxylic acids is 1. The molecule has 3 heterocycles. The van der Waals surface area contributed by atoms with E-state index in [0.29, 0.717) is 6.54 Å². The summed E-state index contributed by atoms with van der Waals surface area (Å²) in [7, 11) is 0. The number of amides is 2. The van der Waals surface area contributed by atoms with Crippen LogP contribution in [-0.4, -0.2) is 15.5 Å². The SMILES string of the molecule is Cc1ccccc1NC(=O)N1Cc2ccccc2-n2cccc2C1c1cccs1. The molecule has 2 aromatic heterocycles. The molecule has 0 fully saturated rings. The van der Waals surface area contributed by atoms with Crippen LogP contribution in [0.4, 0.5) is 10.5 Å². The van der Waals surface area contributed by atoms with E-state index in [9.17, 15) is 4.79 Å². The van der Waals surface area contributed by atoms with Crippen LogP contribution >= 0.6 is 11.3 Å². The average molecular weight is 400 g/mol. The minimum Gasteiger partial charge on any atom is -0.318 e. The first-order chi connectivity index (χ1) is 14.2. The fourth-order valence-electron chi connectivity index (χ4n) is 3.99. The van der Waals surface area contributed by atoms with E-state index in [0.717, 1.165) is 33.1 Å². The predicted molar refractivity (Wildman–Crippen MR) is 118 cm³/mol. The van der Waals surface area contributed by atoms with Gasteiger partial charge in [0.2, 0.25) is 0 Å². The molecule has 0 saturated carbocycles. The summed E-state index contributed by atoms with van der Waals surface area (Å²) in [5, 5.41) is 5.20. The van der Waals surface area contributed by atoms with Crippen LogP contribution in [0.5, 0.6) is 0 Å². The number of thiophene rings is 1. The summed E-state index contributed by atoms with van der Waals surface area (Å²) < 4.78 is 2.21. The number of hydrogen-bond donors (Lipinski definition) is 1. The number of aryl methyl sites for hydroxylation is 1. The molecule has 1 unspecified atom stereocenters. The molecule has 0 aliphatic carbocycles. The number of nitrogens with zero attached hydrogens (tertiary/aromatic N) is 2. The third-order valence-corrected chi connectivity index (χ3v) is 6.35. The van der Waals surface area contributed by atoms with E-state index in [1.54, 1.807) is 11.3 Å². The topological polar surface area (TPSA) is 37.3 Å². The van der Waals surface area contributed by atoms with Crippen LogP contribution < -0.4 is 5.32 Å². The second kappa shape index (κ2) is 7.26. The van der Waals surface area contributed by atoms with Gasteiger partial charge >= 0.3 is 6.03 Å². The molecule has 0 saturated heterocycles. The Hall–Kier alpha value is -3.31. The Kier molecular flexibility index (Phi) is 4.45. The molecule has 1 aliphatic rings. The van der Waals surface area contributed by atoms with Gasteiger partial charge in [0.05, 0.1) is 17.9 Å². The van der Waals surface area contributed by atoms with Crippen LogP contribution in [0, 0.1) is 6.92 Å². The number of urea groups is 1. The molecule has 4 aromatic rings. The van der Waals surface area contributed by atoms with Crippen molar-refractivity contribution in [3.8, 4) is 5.69 Å². The maximum Gasteiger partial charge on any atom is 0.323 e. The monoisotopic (exact) mass is 399 g/mol. The lowest BCUT2D eigenvalue weighted by Gasteiger charge is -2.30. The minimum atomic E-state index is -0.151. The molecule has 2 amide bonds. The Morgan fingerprint density at radius 1 is 1.00 bits per heavy atom. The summed E-state index contributed by atoms with van der Waals surface area (Å²) in [6, 6.07) is 24.3. The highest BCUT2D eigenvalue weighted by Crippen LogP contribution is 2.38. The highest BCUT2D eigenvalue weighted by atomic mass is 32.1. The summed E-state index contributed by atoms with van der Waals surface area (Å²) in [6.07, 6.45) is 2.08. The van der Waals surface area contributed by atoms with E-state index >= 15 is 0 Å². The quantitative estimate of drug-likeness (QED) is 0.442. The maximum atomic E-state index is 13.5. The number of hydrogen-bond acceptors (Lipinski definition) is 2. The molecule has 5 heteroatoms. The van der Waals surface area contributed by atoms with Crippen molar-refractivity contribution in [1.29, 1.82) is 0 Å². The molecule has 1 atom stereocenters. The van der Waals surface area contributed by atoms with Crippen molar-refractivity contribution in [2.45, 2.75) is 19.5 Å². The van der Waals surface area contributed by atoms with Gasteiger partial charge in [-0.1, -0.05) is 42.5 Å². The number of anilines is 1. The molecule has 1 N–H and O–H groups in total. The number of aromatic nitrogens is 1. The predicted octanol–water partition coefficient (Wildman–Crippen LogP) is 5.98. The fraction of sp³-hybridized carbons (Fsp3) is 0.125. The van der Waals surface area contributed by atoms with E-state index < -0.39 is 0 Å². The van der Waals surface area contributed by atoms with Crippen molar-refractivity contribution in [3.63, 3.8) is 0 Å². The van der Waals surface area contributed by atoms with Gasteiger partial charge in [0.25, 0.3) is 0 Å². The molecule has 0 radical (unpaired) electrons. The van der Waals surface area contributed by atoms with Crippen molar-refractivity contribution >= 4 is 23.1 Å². The van der Waals surface area contributed by atoms with Crippen LogP contribution in [-0.2, 0) is 6.54 Å². The summed E-state index contributed by atoms with van der Waals surface area (Å²) in [4.78, 5) is 16.6. The van der Waals surface area contributed by atoms with Crippen LogP contribution in [0.2, 0.25) is 0 Å². The highest BCUT2D eigenvalue weighted by Gasteiger charge is 2.33. The van der Waals surface area contributed by atoms with Gasteiger partial charge in [-0.3, -0.25) is 0 Å². The summed E-state index contributed by atoms with van der Waals surface area (Å²) in [6.45, 7) is 2.55. The number of fused-ring (bicyclic) bond motifs is 3. The van der Waals surface area contributed by atoms with Gasteiger partial charge in [-0.2, -0.15) is 0 Å². The molecule has 1 aliphatic heterocycles. The Balaban J connectivity index is 1.63. The van der Waals surface area contributed by atoms with Crippen LogP contribution in [0.15, 0.2) is 84.4 Å². The zero-order valence-corrected chi connectivity index (χ0v) is 16.9. The van der Waals surface area contributed by atoms with E-state index in [-0.39, 0.29) is 12.1 Å². The molecule has 5 rings (SSSR count). The normalized spacial score (nSPS) is 15.3. The van der Waals surface area contributed by atoms with Crippen LogP contribution in [0.25, 0.3) is 5.69 Å². The molecular weight excluding hydrogens is 378 g/mol. The Labute approximate surface area is 174 Å². The molecule has 144 valence electrons. The van der Waals surface area contributed by atoms with Gasteiger partial charge in [-0.05, 0) is 53.8 Å². The van der Waals surface area contributed by atoms with E-state index in [1.807, 2.05) is 54.3 Å². The average Bonchev–Trinajstić information content (AvgIpc) is 3.41. The Morgan fingerprint density at radius 2 is 1.83 bits per heavy atom. The lowest BCUT2D eigenvalue weighted by molar-refractivity contribution is 0.195. The van der Waals surface area contributed by atoms with Gasteiger partial charge < -0.3 is 14.8 Å².